The summed E-state index contributed by atoms with van der Waals surface area (Å²) in [6.07, 6.45) is 0.450. The summed E-state index contributed by atoms with van der Waals surface area (Å²) in [4.78, 5) is 25.8. The molecular formula is C19H28N2O4. The molecule has 138 valence electrons. The molecule has 6 nitrogen and oxygen atoms in total. The van der Waals surface area contributed by atoms with E-state index in [-0.39, 0.29) is 18.4 Å². The van der Waals surface area contributed by atoms with Crippen molar-refractivity contribution in [2.45, 2.75) is 39.7 Å². The standard InChI is InChI=1S/C19H28N2O4/c1-14-7-5-6-8-16(14)24-13-17(22)21-10-9-15(12-21)11-20-18(23)25-19(2,3)4/h5-8,15H,9-13H2,1-4H3,(H,20,23). The Morgan fingerprint density at radius 3 is 2.68 bits per heavy atom. The van der Waals surface area contributed by atoms with Gasteiger partial charge < -0.3 is 19.7 Å². The number of alkyl carbamates (subject to hydrolysis) is 1. The van der Waals surface area contributed by atoms with Crippen LogP contribution in [0.3, 0.4) is 0 Å². The van der Waals surface area contributed by atoms with Gasteiger partial charge in [0, 0.05) is 19.6 Å². The van der Waals surface area contributed by atoms with Crippen LogP contribution in [0.2, 0.25) is 0 Å². The summed E-state index contributed by atoms with van der Waals surface area (Å²) in [5, 5.41) is 2.78. The van der Waals surface area contributed by atoms with Crippen LogP contribution in [0.5, 0.6) is 5.75 Å². The predicted octanol–water partition coefficient (Wildman–Crippen LogP) is 2.75. The van der Waals surface area contributed by atoms with Gasteiger partial charge in [-0.25, -0.2) is 4.79 Å². The van der Waals surface area contributed by atoms with Crippen molar-refractivity contribution in [3.05, 3.63) is 29.8 Å². The fraction of sp³-hybridized carbons (Fsp3) is 0.579. The lowest BCUT2D eigenvalue weighted by atomic mass is 10.1. The van der Waals surface area contributed by atoms with Gasteiger partial charge in [0.25, 0.3) is 5.91 Å². The molecule has 1 unspecified atom stereocenters. The lowest BCUT2D eigenvalue weighted by Gasteiger charge is -2.21. The molecule has 1 atom stereocenters. The molecule has 1 fully saturated rings. The monoisotopic (exact) mass is 348 g/mol. The Labute approximate surface area is 149 Å². The van der Waals surface area contributed by atoms with Crippen molar-refractivity contribution in [2.75, 3.05) is 26.2 Å². The van der Waals surface area contributed by atoms with Crippen LogP contribution in [0.25, 0.3) is 0 Å². The lowest BCUT2D eigenvalue weighted by molar-refractivity contribution is -0.132. The number of carbonyl (C=O) groups is 2. The first kappa shape index (κ1) is 19.1. The van der Waals surface area contributed by atoms with E-state index in [4.69, 9.17) is 9.47 Å². The quantitative estimate of drug-likeness (QED) is 0.888. The molecular weight excluding hydrogens is 320 g/mol. The first-order valence-electron chi connectivity index (χ1n) is 8.67. The van der Waals surface area contributed by atoms with Crippen LogP contribution in [-0.2, 0) is 9.53 Å². The van der Waals surface area contributed by atoms with Gasteiger partial charge in [-0.2, -0.15) is 0 Å². The summed E-state index contributed by atoms with van der Waals surface area (Å²) in [5.74, 6) is 0.955. The molecule has 0 radical (unpaired) electrons. The zero-order valence-corrected chi connectivity index (χ0v) is 15.5. The molecule has 6 heteroatoms. The molecule has 0 spiro atoms. The summed E-state index contributed by atoms with van der Waals surface area (Å²) in [7, 11) is 0. The third-order valence-electron chi connectivity index (χ3n) is 4.02. The largest absolute Gasteiger partial charge is 0.484 e. The van der Waals surface area contributed by atoms with Gasteiger partial charge >= 0.3 is 6.09 Å². The lowest BCUT2D eigenvalue weighted by Crippen LogP contribution is -2.37. The van der Waals surface area contributed by atoms with Gasteiger partial charge in [-0.3, -0.25) is 4.79 Å². The normalized spacial score (nSPS) is 17.3. The van der Waals surface area contributed by atoms with Crippen LogP contribution in [0.1, 0.15) is 32.8 Å². The Bertz CT molecular complexity index is 610. The van der Waals surface area contributed by atoms with E-state index >= 15 is 0 Å². The molecule has 0 bridgehead atoms. The molecule has 1 aliphatic heterocycles. The average molecular weight is 348 g/mol. The highest BCUT2D eigenvalue weighted by atomic mass is 16.6. The molecule has 0 aromatic heterocycles. The van der Waals surface area contributed by atoms with Crippen molar-refractivity contribution < 1.29 is 19.1 Å². The van der Waals surface area contributed by atoms with Crippen LogP contribution in [0, 0.1) is 12.8 Å². The van der Waals surface area contributed by atoms with Crippen molar-refractivity contribution in [3.8, 4) is 5.75 Å². The fourth-order valence-electron chi connectivity index (χ4n) is 2.72. The Morgan fingerprint density at radius 2 is 2.00 bits per heavy atom. The minimum atomic E-state index is -0.505. The van der Waals surface area contributed by atoms with E-state index in [9.17, 15) is 9.59 Å². The Kier molecular flexibility index (Phi) is 6.28. The number of benzene rings is 1. The maximum atomic E-state index is 12.3. The van der Waals surface area contributed by atoms with Crippen molar-refractivity contribution in [1.29, 1.82) is 0 Å². The first-order chi connectivity index (χ1) is 11.7. The van der Waals surface area contributed by atoms with Crippen molar-refractivity contribution >= 4 is 12.0 Å². The van der Waals surface area contributed by atoms with Crippen LogP contribution in [0.15, 0.2) is 24.3 Å². The number of likely N-dealkylation sites (tertiary alicyclic amines) is 1. The van der Waals surface area contributed by atoms with Crippen molar-refractivity contribution in [1.82, 2.24) is 10.2 Å². The van der Waals surface area contributed by atoms with Crippen LogP contribution < -0.4 is 10.1 Å². The molecule has 2 rings (SSSR count). The summed E-state index contributed by atoms with van der Waals surface area (Å²) in [6, 6.07) is 7.64. The van der Waals surface area contributed by atoms with Gasteiger partial charge in [0.15, 0.2) is 6.61 Å². The maximum absolute atomic E-state index is 12.3. The third-order valence-corrected chi connectivity index (χ3v) is 4.02. The van der Waals surface area contributed by atoms with Gasteiger partial charge in [-0.05, 0) is 51.7 Å². The topological polar surface area (TPSA) is 67.9 Å². The Hall–Kier alpha value is -2.24. The van der Waals surface area contributed by atoms with Crippen molar-refractivity contribution in [2.24, 2.45) is 5.92 Å². The summed E-state index contributed by atoms with van der Waals surface area (Å²) in [6.45, 7) is 9.32. The van der Waals surface area contributed by atoms with E-state index in [0.29, 0.717) is 19.6 Å². The molecule has 0 saturated carbocycles. The highest BCUT2D eigenvalue weighted by Gasteiger charge is 2.27. The molecule has 1 aromatic rings. The minimum Gasteiger partial charge on any atom is -0.484 e. The second kappa shape index (κ2) is 8.23. The van der Waals surface area contributed by atoms with E-state index in [1.54, 1.807) is 4.90 Å². The molecule has 1 aromatic carbocycles. The second-order valence-electron chi connectivity index (χ2n) is 7.43. The summed E-state index contributed by atoms with van der Waals surface area (Å²) >= 11 is 0. The second-order valence-corrected chi connectivity index (χ2v) is 7.43. The van der Waals surface area contributed by atoms with Crippen LogP contribution in [-0.4, -0.2) is 48.7 Å². The number of hydrogen-bond acceptors (Lipinski definition) is 4. The number of nitrogens with zero attached hydrogens (tertiary/aromatic N) is 1. The maximum Gasteiger partial charge on any atom is 0.407 e. The number of ether oxygens (including phenoxy) is 2. The zero-order chi connectivity index (χ0) is 18.4. The number of carbonyl (C=O) groups excluding carboxylic acids is 2. The first-order valence-corrected chi connectivity index (χ1v) is 8.67. The number of rotatable bonds is 5. The Balaban J connectivity index is 1.72. The molecule has 1 N–H and O–H groups in total. The van der Waals surface area contributed by atoms with E-state index < -0.39 is 11.7 Å². The summed E-state index contributed by atoms with van der Waals surface area (Å²) in [5.41, 5.74) is 0.505. The fourth-order valence-corrected chi connectivity index (χ4v) is 2.72. The molecule has 1 heterocycles. The molecule has 0 aliphatic carbocycles. The van der Waals surface area contributed by atoms with Gasteiger partial charge in [0.2, 0.25) is 0 Å². The Morgan fingerprint density at radius 1 is 1.28 bits per heavy atom. The SMILES string of the molecule is Cc1ccccc1OCC(=O)N1CCC(CNC(=O)OC(C)(C)C)C1. The number of nitrogens with one attached hydrogen (secondary N) is 1. The molecule has 2 amide bonds. The average Bonchev–Trinajstić information content (AvgIpc) is 2.99. The van der Waals surface area contributed by atoms with E-state index in [1.807, 2.05) is 52.0 Å². The molecule has 25 heavy (non-hydrogen) atoms. The van der Waals surface area contributed by atoms with Gasteiger partial charge in [-0.1, -0.05) is 18.2 Å². The molecule has 1 aliphatic rings. The number of aryl methyl sites for hydroxylation is 1. The minimum absolute atomic E-state index is 0.0250. The van der Waals surface area contributed by atoms with E-state index in [0.717, 1.165) is 17.7 Å². The highest BCUT2D eigenvalue weighted by molar-refractivity contribution is 5.78. The van der Waals surface area contributed by atoms with E-state index in [1.165, 1.54) is 0 Å². The third kappa shape index (κ3) is 6.29. The highest BCUT2D eigenvalue weighted by Crippen LogP contribution is 2.18. The number of hydrogen-bond donors (Lipinski definition) is 1. The predicted molar refractivity (Wildman–Crippen MR) is 95.6 cm³/mol. The van der Waals surface area contributed by atoms with Crippen LogP contribution in [0.4, 0.5) is 4.79 Å². The van der Waals surface area contributed by atoms with Crippen molar-refractivity contribution in [3.63, 3.8) is 0 Å². The number of para-hydroxylation sites is 1. The number of amides is 2. The zero-order valence-electron chi connectivity index (χ0n) is 15.5. The van der Waals surface area contributed by atoms with Gasteiger partial charge in [0.05, 0.1) is 0 Å². The van der Waals surface area contributed by atoms with Crippen LogP contribution >= 0.6 is 0 Å². The van der Waals surface area contributed by atoms with Gasteiger partial charge in [0.1, 0.15) is 11.4 Å². The summed E-state index contributed by atoms with van der Waals surface area (Å²) < 4.78 is 10.8. The van der Waals surface area contributed by atoms with Gasteiger partial charge in [-0.15, -0.1) is 0 Å². The van der Waals surface area contributed by atoms with E-state index in [2.05, 4.69) is 5.32 Å². The smallest absolute Gasteiger partial charge is 0.407 e. The molecule has 1 saturated heterocycles.